The molecule has 1 unspecified atom stereocenters. The Morgan fingerprint density at radius 2 is 1.88 bits per heavy atom. The van der Waals surface area contributed by atoms with Crippen LogP contribution in [0.5, 0.6) is 0 Å². The molecule has 3 rings (SSSR count). The number of halogens is 1. The van der Waals surface area contributed by atoms with Gasteiger partial charge in [-0.15, -0.1) is 0 Å². The summed E-state index contributed by atoms with van der Waals surface area (Å²) in [6, 6.07) is 11.9. The highest BCUT2D eigenvalue weighted by molar-refractivity contribution is 6.30. The third kappa shape index (κ3) is 5.25. The monoisotopic (exact) mass is 469 g/mol. The lowest BCUT2D eigenvalue weighted by molar-refractivity contribution is -0.146. The zero-order valence-electron chi connectivity index (χ0n) is 19.3. The van der Waals surface area contributed by atoms with Crippen LogP contribution in [0.15, 0.2) is 47.3 Å². The van der Waals surface area contributed by atoms with Crippen molar-refractivity contribution in [3.05, 3.63) is 69.2 Å². The summed E-state index contributed by atoms with van der Waals surface area (Å²) in [4.78, 5) is 44.7. The second kappa shape index (κ2) is 10.6. The predicted octanol–water partition coefficient (Wildman–Crippen LogP) is 4.60. The molecule has 33 heavy (non-hydrogen) atoms. The van der Waals surface area contributed by atoms with Gasteiger partial charge in [0.1, 0.15) is 5.82 Å². The van der Waals surface area contributed by atoms with E-state index in [2.05, 4.69) is 0 Å². The summed E-state index contributed by atoms with van der Waals surface area (Å²) in [5, 5.41) is 1.05. The fourth-order valence-corrected chi connectivity index (χ4v) is 4.15. The van der Waals surface area contributed by atoms with Crippen molar-refractivity contribution >= 4 is 34.4 Å². The van der Waals surface area contributed by atoms with E-state index in [9.17, 15) is 14.4 Å². The van der Waals surface area contributed by atoms with Gasteiger partial charge in [-0.05, 0) is 63.6 Å². The zero-order chi connectivity index (χ0) is 24.1. The number of esters is 1. The molecule has 3 aromatic rings. The molecule has 1 amide bonds. The minimum atomic E-state index is -0.517. The molecule has 0 saturated carbocycles. The lowest BCUT2D eigenvalue weighted by atomic mass is 10.1. The summed E-state index contributed by atoms with van der Waals surface area (Å²) in [5.74, 6) is -0.178. The number of carbonyl (C=O) groups is 2. The molecular weight excluding hydrogens is 442 g/mol. The van der Waals surface area contributed by atoms with Gasteiger partial charge in [0, 0.05) is 18.0 Å². The number of carbonyl (C=O) groups excluding carboxylic acids is 2. The number of aryl methyl sites for hydroxylation is 1. The molecule has 0 bridgehead atoms. The van der Waals surface area contributed by atoms with Crippen LogP contribution in [0, 0.1) is 6.92 Å². The largest absolute Gasteiger partial charge is 0.466 e. The van der Waals surface area contributed by atoms with Gasteiger partial charge in [-0.25, -0.2) is 4.98 Å². The van der Waals surface area contributed by atoms with E-state index in [0.29, 0.717) is 34.0 Å². The number of ether oxygens (including phenoxy) is 1. The molecule has 0 spiro atoms. The average Bonchev–Trinajstić information content (AvgIpc) is 2.79. The number of rotatable bonds is 8. The third-order valence-corrected chi connectivity index (χ3v) is 5.79. The maximum Gasteiger partial charge on any atom is 0.306 e. The number of amides is 1. The Labute approximate surface area is 197 Å². The summed E-state index contributed by atoms with van der Waals surface area (Å²) in [5.41, 5.74) is 1.80. The quantitative estimate of drug-likeness (QED) is 0.450. The normalized spacial score (nSPS) is 11.9. The van der Waals surface area contributed by atoms with Gasteiger partial charge < -0.3 is 9.64 Å². The van der Waals surface area contributed by atoms with Gasteiger partial charge in [0.2, 0.25) is 5.91 Å². The Bertz CT molecular complexity index is 1240. The smallest absolute Gasteiger partial charge is 0.306 e. The van der Waals surface area contributed by atoms with Gasteiger partial charge in [-0.2, -0.15) is 0 Å². The van der Waals surface area contributed by atoms with Gasteiger partial charge in [0.05, 0.1) is 35.7 Å². The van der Waals surface area contributed by atoms with E-state index in [1.54, 1.807) is 52.8 Å². The molecule has 0 aliphatic carbocycles. The molecule has 0 radical (unpaired) electrons. The van der Waals surface area contributed by atoms with Gasteiger partial charge >= 0.3 is 5.97 Å². The molecule has 0 fully saturated rings. The lowest BCUT2D eigenvalue weighted by Gasteiger charge is -2.30. The van der Waals surface area contributed by atoms with Gasteiger partial charge in [0.15, 0.2) is 0 Å². The first-order chi connectivity index (χ1) is 15.8. The number of benzene rings is 2. The van der Waals surface area contributed by atoms with Crippen LogP contribution < -0.4 is 5.56 Å². The van der Waals surface area contributed by atoms with Crippen molar-refractivity contribution < 1.29 is 14.3 Å². The molecule has 1 atom stereocenters. The molecule has 0 N–H and O–H groups in total. The van der Waals surface area contributed by atoms with Crippen molar-refractivity contribution in [2.45, 2.75) is 46.6 Å². The van der Waals surface area contributed by atoms with Crippen molar-refractivity contribution in [2.24, 2.45) is 0 Å². The van der Waals surface area contributed by atoms with Crippen LogP contribution >= 0.6 is 11.6 Å². The van der Waals surface area contributed by atoms with E-state index in [-0.39, 0.29) is 30.9 Å². The van der Waals surface area contributed by atoms with Crippen LogP contribution in [0.4, 0.5) is 0 Å². The molecular formula is C25H28ClN3O4. The summed E-state index contributed by atoms with van der Waals surface area (Å²) in [6.07, 6.45) is 0.0267. The molecule has 1 heterocycles. The Morgan fingerprint density at radius 3 is 2.55 bits per heavy atom. The molecule has 0 saturated heterocycles. The summed E-state index contributed by atoms with van der Waals surface area (Å²) in [7, 11) is 0. The van der Waals surface area contributed by atoms with E-state index < -0.39 is 12.0 Å². The van der Waals surface area contributed by atoms with E-state index in [1.807, 2.05) is 26.8 Å². The molecule has 174 valence electrons. The van der Waals surface area contributed by atoms with Crippen LogP contribution in [-0.4, -0.2) is 39.5 Å². The molecule has 1 aromatic heterocycles. The Balaban J connectivity index is 2.11. The Hall–Kier alpha value is -3.19. The number of nitrogens with zero attached hydrogens (tertiary/aromatic N) is 3. The molecule has 0 aliphatic rings. The van der Waals surface area contributed by atoms with E-state index in [1.165, 1.54) is 0 Å². The number of hydrogen-bond donors (Lipinski definition) is 0. The van der Waals surface area contributed by atoms with E-state index in [0.717, 1.165) is 5.56 Å². The standard InChI is InChI=1S/C25H28ClN3O4/c1-5-28(22(30)13-14-23(31)33-6-2)17(4)24-27-20-10-8-7-9-19(20)25(32)29(24)21-12-11-18(26)15-16(21)3/h7-12,15,17H,5-6,13-14H2,1-4H3. The van der Waals surface area contributed by atoms with Crippen molar-refractivity contribution in [3.63, 3.8) is 0 Å². The SMILES string of the molecule is CCOC(=O)CCC(=O)N(CC)C(C)c1nc2ccccc2c(=O)n1-c1ccc(Cl)cc1C. The number of fused-ring (bicyclic) bond motifs is 1. The van der Waals surface area contributed by atoms with Gasteiger partial charge in [-0.1, -0.05) is 23.7 Å². The minimum absolute atomic E-state index is 0.00411. The molecule has 0 aliphatic heterocycles. The van der Waals surface area contributed by atoms with Crippen LogP contribution in [0.3, 0.4) is 0 Å². The number of hydrogen-bond acceptors (Lipinski definition) is 5. The Kier molecular flexibility index (Phi) is 7.87. The van der Waals surface area contributed by atoms with E-state index >= 15 is 0 Å². The maximum atomic E-state index is 13.6. The van der Waals surface area contributed by atoms with Crippen LogP contribution in [0.1, 0.15) is 51.0 Å². The maximum absolute atomic E-state index is 13.6. The van der Waals surface area contributed by atoms with Crippen molar-refractivity contribution in [3.8, 4) is 5.69 Å². The molecule has 2 aromatic carbocycles. The minimum Gasteiger partial charge on any atom is -0.466 e. The second-order valence-corrected chi connectivity index (χ2v) is 8.16. The highest BCUT2D eigenvalue weighted by atomic mass is 35.5. The average molecular weight is 470 g/mol. The van der Waals surface area contributed by atoms with E-state index in [4.69, 9.17) is 21.3 Å². The van der Waals surface area contributed by atoms with Crippen molar-refractivity contribution in [1.82, 2.24) is 14.5 Å². The number of aromatic nitrogens is 2. The Morgan fingerprint density at radius 1 is 1.15 bits per heavy atom. The number of para-hydroxylation sites is 1. The fraction of sp³-hybridized carbons (Fsp3) is 0.360. The summed E-state index contributed by atoms with van der Waals surface area (Å²) < 4.78 is 6.49. The molecule has 7 nitrogen and oxygen atoms in total. The summed E-state index contributed by atoms with van der Waals surface area (Å²) in [6.45, 7) is 7.96. The topological polar surface area (TPSA) is 81.5 Å². The van der Waals surface area contributed by atoms with Gasteiger partial charge in [0.25, 0.3) is 5.56 Å². The first-order valence-corrected chi connectivity index (χ1v) is 11.4. The van der Waals surface area contributed by atoms with Crippen LogP contribution in [-0.2, 0) is 14.3 Å². The zero-order valence-corrected chi connectivity index (χ0v) is 20.1. The van der Waals surface area contributed by atoms with Gasteiger partial charge in [-0.3, -0.25) is 19.0 Å². The predicted molar refractivity (Wildman–Crippen MR) is 129 cm³/mol. The fourth-order valence-electron chi connectivity index (χ4n) is 3.92. The first-order valence-electron chi connectivity index (χ1n) is 11.0. The lowest BCUT2D eigenvalue weighted by Crippen LogP contribution is -2.37. The second-order valence-electron chi connectivity index (χ2n) is 7.72. The highest BCUT2D eigenvalue weighted by Crippen LogP contribution is 2.26. The van der Waals surface area contributed by atoms with Crippen molar-refractivity contribution in [1.29, 1.82) is 0 Å². The van der Waals surface area contributed by atoms with Crippen molar-refractivity contribution in [2.75, 3.05) is 13.2 Å². The van der Waals surface area contributed by atoms with Crippen LogP contribution in [0.2, 0.25) is 5.02 Å². The highest BCUT2D eigenvalue weighted by Gasteiger charge is 2.26. The first kappa shape index (κ1) is 24.5. The van der Waals surface area contributed by atoms with Crippen LogP contribution in [0.25, 0.3) is 16.6 Å². The molecule has 8 heteroatoms. The third-order valence-electron chi connectivity index (χ3n) is 5.55. The summed E-state index contributed by atoms with van der Waals surface area (Å²) >= 11 is 6.15.